The van der Waals surface area contributed by atoms with Gasteiger partial charge in [-0.3, -0.25) is 0 Å². The second kappa shape index (κ2) is 6.53. The fraction of sp³-hybridized carbons (Fsp3) is 0. The molecule has 2 aromatic carbocycles. The molecule has 0 heterocycles. The Morgan fingerprint density at radius 2 is 1.63 bits per heavy atom. The summed E-state index contributed by atoms with van der Waals surface area (Å²) in [5.74, 6) is 0.541. The molecule has 0 unspecified atom stereocenters. The van der Waals surface area contributed by atoms with Crippen molar-refractivity contribution in [3.05, 3.63) is 65.2 Å². The first-order chi connectivity index (χ1) is 9.15. The Kier molecular flexibility index (Phi) is 4.74. The van der Waals surface area contributed by atoms with Gasteiger partial charge in [0.05, 0.1) is 0 Å². The Labute approximate surface area is 125 Å². The molecule has 0 aliphatic heterocycles. The molecule has 0 fully saturated rings. The number of amidine groups is 2. The molecule has 2 rings (SSSR count). The Hall–Kier alpha value is -1.61. The zero-order valence-corrected chi connectivity index (χ0v) is 12.4. The SMILES string of the molecule is NC([Se])=NC(=Nc1ccccc1)c1ccc(Cl)cc1. The molecule has 95 valence electrons. The van der Waals surface area contributed by atoms with Gasteiger partial charge in [-0.25, -0.2) is 0 Å². The predicted molar refractivity (Wildman–Crippen MR) is 81.5 cm³/mol. The van der Waals surface area contributed by atoms with Crippen molar-refractivity contribution >= 4 is 43.9 Å². The molecule has 2 aromatic rings. The number of hydrogen-bond acceptors (Lipinski definition) is 1. The van der Waals surface area contributed by atoms with E-state index in [0.717, 1.165) is 11.3 Å². The second-order valence-electron chi connectivity index (χ2n) is 3.73. The van der Waals surface area contributed by atoms with Gasteiger partial charge in [0.1, 0.15) is 0 Å². The summed E-state index contributed by atoms with van der Waals surface area (Å²) in [5, 5.41) is 0.669. The normalized spacial score (nSPS) is 12.5. The summed E-state index contributed by atoms with van der Waals surface area (Å²) in [6.45, 7) is 0. The number of nitrogens with two attached hydrogens (primary N) is 1. The zero-order chi connectivity index (χ0) is 13.7. The maximum absolute atomic E-state index is 5.88. The van der Waals surface area contributed by atoms with Gasteiger partial charge in [-0.1, -0.05) is 0 Å². The first kappa shape index (κ1) is 13.8. The van der Waals surface area contributed by atoms with Gasteiger partial charge in [0.2, 0.25) is 0 Å². The van der Waals surface area contributed by atoms with Crippen molar-refractivity contribution < 1.29 is 0 Å². The molecule has 0 aliphatic rings. The number of para-hydroxylation sites is 1. The van der Waals surface area contributed by atoms with Crippen LogP contribution in [0.4, 0.5) is 5.69 Å². The minimum absolute atomic E-state index is 0.338. The third-order valence-electron chi connectivity index (χ3n) is 2.31. The molecule has 5 heteroatoms. The molecular weight excluding hydrogens is 325 g/mol. The minimum atomic E-state index is 0.338. The summed E-state index contributed by atoms with van der Waals surface area (Å²) in [4.78, 5) is 8.70. The number of benzene rings is 2. The van der Waals surface area contributed by atoms with Crippen LogP contribution in [0.3, 0.4) is 0 Å². The van der Waals surface area contributed by atoms with Crippen LogP contribution in [-0.2, 0) is 0 Å². The van der Waals surface area contributed by atoms with Crippen LogP contribution >= 0.6 is 11.6 Å². The van der Waals surface area contributed by atoms with Crippen LogP contribution in [0.15, 0.2) is 64.6 Å². The van der Waals surface area contributed by atoms with E-state index in [1.807, 2.05) is 42.5 Å². The molecular formula is C14H11ClN3Se. The van der Waals surface area contributed by atoms with Gasteiger partial charge >= 0.3 is 125 Å². The van der Waals surface area contributed by atoms with Crippen molar-refractivity contribution in [3.8, 4) is 0 Å². The molecule has 0 saturated carbocycles. The Morgan fingerprint density at radius 3 is 2.21 bits per heavy atom. The van der Waals surface area contributed by atoms with E-state index in [9.17, 15) is 0 Å². The van der Waals surface area contributed by atoms with Gasteiger partial charge in [0.25, 0.3) is 0 Å². The van der Waals surface area contributed by atoms with Crippen molar-refractivity contribution in [3.63, 3.8) is 0 Å². The monoisotopic (exact) mass is 336 g/mol. The quantitative estimate of drug-likeness (QED) is 0.512. The molecule has 0 aromatic heterocycles. The summed E-state index contributed by atoms with van der Waals surface area (Å²) in [6.07, 6.45) is 0. The molecule has 0 bridgehead atoms. The Bertz CT molecular complexity index is 602. The number of hydrogen-bond donors (Lipinski definition) is 1. The van der Waals surface area contributed by atoms with Crippen LogP contribution < -0.4 is 5.73 Å². The van der Waals surface area contributed by atoms with E-state index < -0.39 is 0 Å². The summed E-state index contributed by atoms with van der Waals surface area (Å²) in [5.41, 5.74) is 7.27. The van der Waals surface area contributed by atoms with Crippen molar-refractivity contribution in [2.45, 2.75) is 0 Å². The van der Waals surface area contributed by atoms with Crippen LogP contribution in [0.2, 0.25) is 5.02 Å². The van der Waals surface area contributed by atoms with Crippen LogP contribution in [0, 0.1) is 0 Å². The number of halogens is 1. The van der Waals surface area contributed by atoms with Crippen LogP contribution in [0.1, 0.15) is 5.56 Å². The summed E-state index contributed by atoms with van der Waals surface area (Å²) >= 11 is 8.53. The summed E-state index contributed by atoms with van der Waals surface area (Å²) in [7, 11) is 0. The van der Waals surface area contributed by atoms with Crippen molar-refractivity contribution in [1.29, 1.82) is 0 Å². The van der Waals surface area contributed by atoms with Crippen LogP contribution in [-0.4, -0.2) is 26.6 Å². The van der Waals surface area contributed by atoms with Gasteiger partial charge in [0.15, 0.2) is 0 Å². The van der Waals surface area contributed by atoms with E-state index in [4.69, 9.17) is 17.3 Å². The van der Waals surface area contributed by atoms with E-state index >= 15 is 0 Å². The van der Waals surface area contributed by atoms with Crippen LogP contribution in [0.25, 0.3) is 0 Å². The predicted octanol–water partition coefficient (Wildman–Crippen LogP) is 2.90. The average Bonchev–Trinajstić information content (AvgIpc) is 2.39. The summed E-state index contributed by atoms with van der Waals surface area (Å²) in [6, 6.07) is 16.9. The van der Waals surface area contributed by atoms with Gasteiger partial charge in [-0.15, -0.1) is 0 Å². The first-order valence-corrected chi connectivity index (χ1v) is 6.79. The van der Waals surface area contributed by atoms with E-state index in [2.05, 4.69) is 26.0 Å². The van der Waals surface area contributed by atoms with E-state index in [-0.39, 0.29) is 0 Å². The Balaban J connectivity index is 2.45. The van der Waals surface area contributed by atoms with E-state index in [0.29, 0.717) is 15.6 Å². The van der Waals surface area contributed by atoms with Gasteiger partial charge in [-0.05, 0) is 0 Å². The van der Waals surface area contributed by atoms with Gasteiger partial charge in [-0.2, -0.15) is 0 Å². The number of nitrogens with zero attached hydrogens (tertiary/aromatic N) is 2. The topological polar surface area (TPSA) is 50.7 Å². The van der Waals surface area contributed by atoms with Crippen molar-refractivity contribution in [2.75, 3.05) is 0 Å². The number of aliphatic imine (C=N–C) groups is 2. The molecule has 0 spiro atoms. The first-order valence-electron chi connectivity index (χ1n) is 5.56. The standard InChI is InChI=1S/C14H11ClN3Se/c15-11-8-6-10(7-9-11)13(18-14(16)19)17-12-4-2-1-3-5-12/h1-9H,(H2,16,17,18). The second-order valence-corrected chi connectivity index (χ2v) is 5.04. The fourth-order valence-electron chi connectivity index (χ4n) is 1.48. The molecule has 0 amide bonds. The van der Waals surface area contributed by atoms with Gasteiger partial charge < -0.3 is 0 Å². The molecule has 0 saturated heterocycles. The fourth-order valence-corrected chi connectivity index (χ4v) is 1.79. The van der Waals surface area contributed by atoms with Crippen molar-refractivity contribution in [1.82, 2.24) is 0 Å². The molecule has 19 heavy (non-hydrogen) atoms. The molecule has 0 atom stereocenters. The molecule has 1 radical (unpaired) electrons. The van der Waals surface area contributed by atoms with Gasteiger partial charge in [0, 0.05) is 0 Å². The van der Waals surface area contributed by atoms with E-state index in [1.54, 1.807) is 12.1 Å². The zero-order valence-electron chi connectivity index (χ0n) is 9.95. The molecule has 2 N–H and O–H groups in total. The summed E-state index contributed by atoms with van der Waals surface area (Å²) < 4.78 is 0.338. The van der Waals surface area contributed by atoms with E-state index in [1.165, 1.54) is 0 Å². The van der Waals surface area contributed by atoms with Crippen LogP contribution in [0.5, 0.6) is 0 Å². The average molecular weight is 336 g/mol. The van der Waals surface area contributed by atoms with Crippen molar-refractivity contribution in [2.24, 2.45) is 15.7 Å². The third-order valence-corrected chi connectivity index (χ3v) is 2.75. The Morgan fingerprint density at radius 1 is 1.00 bits per heavy atom. The maximum atomic E-state index is 5.88. The molecule has 0 aliphatic carbocycles. The number of rotatable bonds is 2. The third kappa shape index (κ3) is 4.21. The molecule has 3 nitrogen and oxygen atoms in total.